The fraction of sp³-hybridized carbons (Fsp3) is 0.958. The molecule has 1 amide bonds. The van der Waals surface area contributed by atoms with Crippen LogP contribution in [0.4, 0.5) is 0 Å². The number of nitrogens with zero attached hydrogens (tertiary/aromatic N) is 1. The molecule has 0 aromatic rings. The Bertz CT molecular complexity index is 296. The molecular weight excluding hydrogens is 346 g/mol. The van der Waals surface area contributed by atoms with Gasteiger partial charge in [0.25, 0.3) is 0 Å². The van der Waals surface area contributed by atoms with E-state index in [1.54, 1.807) is 0 Å². The van der Waals surface area contributed by atoms with Gasteiger partial charge in [-0.05, 0) is 40.5 Å². The molecular formula is C24H53N3O. The lowest BCUT2D eigenvalue weighted by atomic mass is 10.0. The molecule has 0 unspecified atom stereocenters. The second kappa shape index (κ2) is 26.4. The highest BCUT2D eigenvalue weighted by Gasteiger charge is 2.00. The van der Waals surface area contributed by atoms with E-state index in [0.29, 0.717) is 6.42 Å². The predicted molar refractivity (Wildman–Crippen MR) is 126 cm³/mol. The van der Waals surface area contributed by atoms with Crippen LogP contribution in [0, 0.1) is 0 Å². The first-order chi connectivity index (χ1) is 13.7. The normalized spacial score (nSPS) is 10.6. The molecule has 0 heterocycles. The van der Waals surface area contributed by atoms with E-state index in [1.807, 2.05) is 0 Å². The van der Waals surface area contributed by atoms with Gasteiger partial charge in [-0.3, -0.25) is 4.79 Å². The maximum Gasteiger partial charge on any atom is 0.219 e. The summed E-state index contributed by atoms with van der Waals surface area (Å²) in [5, 5.41) is 3.02. The largest absolute Gasteiger partial charge is 0.356 e. The highest BCUT2D eigenvalue weighted by Crippen LogP contribution is 2.13. The number of hydrogen-bond acceptors (Lipinski definition) is 3. The van der Waals surface area contributed by atoms with E-state index in [4.69, 9.17) is 0 Å². The third kappa shape index (κ3) is 27.6. The lowest BCUT2D eigenvalue weighted by Gasteiger charge is -2.09. The van der Waals surface area contributed by atoms with Crippen LogP contribution < -0.4 is 11.1 Å². The third-order valence-corrected chi connectivity index (χ3v) is 5.11. The van der Waals surface area contributed by atoms with Crippen molar-refractivity contribution in [3.63, 3.8) is 0 Å². The van der Waals surface area contributed by atoms with E-state index in [1.165, 1.54) is 96.9 Å². The van der Waals surface area contributed by atoms with E-state index in [-0.39, 0.29) is 5.91 Å². The van der Waals surface area contributed by atoms with Crippen molar-refractivity contribution in [2.75, 3.05) is 34.2 Å². The monoisotopic (exact) mass is 399 g/mol. The Morgan fingerprint density at radius 3 is 1.46 bits per heavy atom. The molecule has 0 radical (unpaired) electrons. The van der Waals surface area contributed by atoms with Crippen molar-refractivity contribution in [2.45, 2.75) is 116 Å². The molecule has 3 N–H and O–H groups in total. The minimum atomic E-state index is 0.235. The number of carbonyl (C=O) groups is 1. The van der Waals surface area contributed by atoms with Crippen molar-refractivity contribution in [3.8, 4) is 0 Å². The van der Waals surface area contributed by atoms with Crippen LogP contribution in [-0.2, 0) is 4.79 Å². The number of carbonyl (C=O) groups excluding carboxylic acids is 1. The fourth-order valence-electron chi connectivity index (χ4n) is 3.37. The van der Waals surface area contributed by atoms with Gasteiger partial charge in [0.2, 0.25) is 5.91 Å². The maximum atomic E-state index is 11.7. The molecule has 0 atom stereocenters. The van der Waals surface area contributed by atoms with E-state index in [2.05, 4.69) is 37.0 Å². The Labute approximate surface area is 177 Å². The Hall–Kier alpha value is -0.610. The number of rotatable bonds is 20. The van der Waals surface area contributed by atoms with Crippen LogP contribution in [0.5, 0.6) is 0 Å². The molecule has 28 heavy (non-hydrogen) atoms. The maximum absolute atomic E-state index is 11.7. The molecule has 0 rings (SSSR count). The van der Waals surface area contributed by atoms with E-state index in [0.717, 1.165) is 25.9 Å². The minimum absolute atomic E-state index is 0.235. The fourth-order valence-corrected chi connectivity index (χ4v) is 3.37. The Kier molecular flexibility index (Phi) is 27.9. The predicted octanol–water partition coefficient (Wildman–Crippen LogP) is 5.89. The highest BCUT2D eigenvalue weighted by molar-refractivity contribution is 5.75. The van der Waals surface area contributed by atoms with E-state index in [9.17, 15) is 4.79 Å². The number of hydrogen-bond donors (Lipinski definition) is 2. The average molecular weight is 400 g/mol. The highest BCUT2D eigenvalue weighted by atomic mass is 16.1. The van der Waals surface area contributed by atoms with E-state index >= 15 is 0 Å². The summed E-state index contributed by atoms with van der Waals surface area (Å²) in [5.41, 5.74) is 4.50. The summed E-state index contributed by atoms with van der Waals surface area (Å²) in [7, 11) is 5.63. The van der Waals surface area contributed by atoms with Crippen molar-refractivity contribution in [1.82, 2.24) is 10.2 Å². The number of amides is 1. The molecule has 0 fully saturated rings. The summed E-state index contributed by atoms with van der Waals surface area (Å²) in [6, 6.07) is 0. The van der Waals surface area contributed by atoms with Gasteiger partial charge < -0.3 is 16.0 Å². The minimum Gasteiger partial charge on any atom is -0.356 e. The number of unbranched alkanes of at least 4 members (excludes halogenated alkanes) is 14. The quantitative estimate of drug-likeness (QED) is 0.251. The van der Waals surface area contributed by atoms with Gasteiger partial charge in [-0.2, -0.15) is 0 Å². The standard InChI is InChI=1S/C23H48N2O.CH5N/c1-4-5-6-7-8-9-10-11-12-13-14-15-16-17-18-20-23(26)24-21-19-22-25(2)3;1-2/h4-22H2,1-3H3,(H,24,26);2H2,1H3. The van der Waals surface area contributed by atoms with Gasteiger partial charge in [-0.15, -0.1) is 0 Å². The summed E-state index contributed by atoms with van der Waals surface area (Å²) in [6.45, 7) is 4.14. The molecule has 0 spiro atoms. The first-order valence-electron chi connectivity index (χ1n) is 12.2. The molecule has 0 saturated heterocycles. The Balaban J connectivity index is 0. The Morgan fingerprint density at radius 2 is 1.07 bits per heavy atom. The molecule has 4 heteroatoms. The molecule has 4 nitrogen and oxygen atoms in total. The number of nitrogens with two attached hydrogens (primary N) is 1. The van der Waals surface area contributed by atoms with Gasteiger partial charge >= 0.3 is 0 Å². The van der Waals surface area contributed by atoms with Gasteiger partial charge in [-0.25, -0.2) is 0 Å². The van der Waals surface area contributed by atoms with Crippen LogP contribution in [0.3, 0.4) is 0 Å². The average Bonchev–Trinajstić information content (AvgIpc) is 2.69. The van der Waals surface area contributed by atoms with Crippen molar-refractivity contribution in [3.05, 3.63) is 0 Å². The molecule has 0 saturated carbocycles. The van der Waals surface area contributed by atoms with Crippen molar-refractivity contribution in [1.29, 1.82) is 0 Å². The first kappa shape index (κ1) is 29.6. The third-order valence-electron chi connectivity index (χ3n) is 5.11. The van der Waals surface area contributed by atoms with Gasteiger partial charge in [-0.1, -0.05) is 96.8 Å². The second-order valence-electron chi connectivity index (χ2n) is 8.21. The lowest BCUT2D eigenvalue weighted by Crippen LogP contribution is -2.26. The van der Waals surface area contributed by atoms with Crippen LogP contribution in [-0.4, -0.2) is 45.0 Å². The van der Waals surface area contributed by atoms with Crippen LogP contribution in [0.25, 0.3) is 0 Å². The SMILES string of the molecule is CCCCCCCCCCCCCCCCCC(=O)NCCCN(C)C.CN. The number of nitrogens with one attached hydrogen (secondary N) is 1. The molecule has 0 bridgehead atoms. The molecule has 0 aliphatic carbocycles. The van der Waals surface area contributed by atoms with E-state index < -0.39 is 0 Å². The Morgan fingerprint density at radius 1 is 0.679 bits per heavy atom. The zero-order valence-electron chi connectivity index (χ0n) is 19.9. The molecule has 0 aliphatic heterocycles. The van der Waals surface area contributed by atoms with Crippen molar-refractivity contribution < 1.29 is 4.79 Å². The van der Waals surface area contributed by atoms with Gasteiger partial charge in [0.15, 0.2) is 0 Å². The van der Waals surface area contributed by atoms with Gasteiger partial charge in [0.05, 0.1) is 0 Å². The van der Waals surface area contributed by atoms with Crippen LogP contribution in [0.1, 0.15) is 116 Å². The molecule has 0 aromatic heterocycles. The van der Waals surface area contributed by atoms with Gasteiger partial charge in [0, 0.05) is 13.0 Å². The summed E-state index contributed by atoms with van der Waals surface area (Å²) in [6.07, 6.45) is 22.3. The van der Waals surface area contributed by atoms with Crippen LogP contribution in [0.2, 0.25) is 0 Å². The molecule has 0 aliphatic rings. The van der Waals surface area contributed by atoms with Gasteiger partial charge in [0.1, 0.15) is 0 Å². The molecule has 0 aromatic carbocycles. The summed E-state index contributed by atoms with van der Waals surface area (Å²) in [4.78, 5) is 13.9. The van der Waals surface area contributed by atoms with Crippen molar-refractivity contribution >= 4 is 5.91 Å². The summed E-state index contributed by atoms with van der Waals surface area (Å²) < 4.78 is 0. The molecule has 170 valence electrons. The zero-order chi connectivity index (χ0) is 21.3. The smallest absolute Gasteiger partial charge is 0.219 e. The second-order valence-corrected chi connectivity index (χ2v) is 8.21. The van der Waals surface area contributed by atoms with Crippen LogP contribution in [0.15, 0.2) is 0 Å². The first-order valence-corrected chi connectivity index (χ1v) is 12.2. The summed E-state index contributed by atoms with van der Waals surface area (Å²) in [5.74, 6) is 0.235. The van der Waals surface area contributed by atoms with Crippen LogP contribution >= 0.6 is 0 Å². The summed E-state index contributed by atoms with van der Waals surface area (Å²) >= 11 is 0. The zero-order valence-corrected chi connectivity index (χ0v) is 19.9. The van der Waals surface area contributed by atoms with Crippen molar-refractivity contribution in [2.24, 2.45) is 5.73 Å². The lowest BCUT2D eigenvalue weighted by molar-refractivity contribution is -0.121. The topological polar surface area (TPSA) is 58.4 Å².